The molecule has 50 heavy (non-hydrogen) atoms. The monoisotopic (exact) mass is 700 g/mol. The van der Waals surface area contributed by atoms with Gasteiger partial charge in [-0.15, -0.1) is 0 Å². The first-order chi connectivity index (χ1) is 23.5. The SMILES string of the molecule is COc1ccc2nc3c(nc2c1)O[C@H]1CN(C(=O)[C@H](C(C)(C)C)NC(=O)O[C@@H]2C[C@H](C)C[C@H]2CC/C=C/C3(F)F)[C@H](C(=O)OCC(C)C)[C@@H]1C. The van der Waals surface area contributed by atoms with E-state index in [1.807, 2.05) is 34.6 Å². The zero-order valence-corrected chi connectivity index (χ0v) is 30.2. The molecule has 2 aromatic rings. The highest BCUT2D eigenvalue weighted by molar-refractivity contribution is 5.91. The van der Waals surface area contributed by atoms with Crippen LogP contribution in [0.2, 0.25) is 0 Å². The molecule has 13 heteroatoms. The topological polar surface area (TPSA) is 129 Å². The molecule has 2 fully saturated rings. The number of halogens is 2. The number of amides is 2. The second-order valence-corrected chi connectivity index (χ2v) is 15.5. The maximum Gasteiger partial charge on any atom is 0.408 e. The van der Waals surface area contributed by atoms with E-state index in [-0.39, 0.29) is 41.9 Å². The number of nitrogens with zero attached hydrogens (tertiary/aromatic N) is 3. The van der Waals surface area contributed by atoms with Crippen LogP contribution >= 0.6 is 0 Å². The molecule has 1 saturated carbocycles. The van der Waals surface area contributed by atoms with E-state index >= 15 is 8.78 Å². The number of ether oxygens (including phenoxy) is 4. The molecule has 3 aliphatic rings. The third-order valence-corrected chi connectivity index (χ3v) is 9.83. The minimum absolute atomic E-state index is 0.0260. The van der Waals surface area contributed by atoms with E-state index in [0.717, 1.165) is 12.5 Å². The van der Waals surface area contributed by atoms with Gasteiger partial charge in [-0.1, -0.05) is 54.5 Å². The highest BCUT2D eigenvalue weighted by atomic mass is 19.3. The molecule has 5 rings (SSSR count). The van der Waals surface area contributed by atoms with E-state index in [2.05, 4.69) is 22.2 Å². The average molecular weight is 701 g/mol. The Hall–Kier alpha value is -4.03. The van der Waals surface area contributed by atoms with Gasteiger partial charge in [0.05, 0.1) is 31.3 Å². The molecule has 2 amide bonds. The van der Waals surface area contributed by atoms with Crippen LogP contribution < -0.4 is 14.8 Å². The number of benzene rings is 1. The predicted molar refractivity (Wildman–Crippen MR) is 182 cm³/mol. The second-order valence-electron chi connectivity index (χ2n) is 15.5. The molecule has 11 nitrogen and oxygen atoms in total. The normalized spacial score (nSPS) is 29.6. The maximum absolute atomic E-state index is 16.1. The number of allylic oxidation sites excluding steroid dienone is 2. The van der Waals surface area contributed by atoms with E-state index < -0.39 is 71.1 Å². The number of carbonyl (C=O) groups is 3. The number of methoxy groups -OCH3 is 1. The lowest BCUT2D eigenvalue weighted by Crippen LogP contribution is -2.57. The van der Waals surface area contributed by atoms with Gasteiger partial charge in [0.15, 0.2) is 5.69 Å². The number of esters is 1. The molecule has 3 heterocycles. The van der Waals surface area contributed by atoms with Gasteiger partial charge in [-0.3, -0.25) is 4.79 Å². The lowest BCUT2D eigenvalue weighted by atomic mass is 9.85. The summed E-state index contributed by atoms with van der Waals surface area (Å²) in [7, 11) is 1.48. The molecular formula is C37H50F2N4O7. The second kappa shape index (κ2) is 14.7. The Labute approximate surface area is 292 Å². The summed E-state index contributed by atoms with van der Waals surface area (Å²) >= 11 is 0. The van der Waals surface area contributed by atoms with E-state index in [4.69, 9.17) is 18.9 Å². The first-order valence-electron chi connectivity index (χ1n) is 17.5. The van der Waals surface area contributed by atoms with Gasteiger partial charge in [0, 0.05) is 12.0 Å². The summed E-state index contributed by atoms with van der Waals surface area (Å²) in [4.78, 5) is 51.7. The van der Waals surface area contributed by atoms with Crippen LogP contribution in [0.4, 0.5) is 13.6 Å². The fourth-order valence-corrected chi connectivity index (χ4v) is 7.12. The van der Waals surface area contributed by atoms with Gasteiger partial charge in [0.1, 0.15) is 30.0 Å². The van der Waals surface area contributed by atoms with Gasteiger partial charge in [-0.25, -0.2) is 19.6 Å². The van der Waals surface area contributed by atoms with E-state index in [9.17, 15) is 14.4 Å². The quantitative estimate of drug-likeness (QED) is 0.284. The number of carbonyl (C=O) groups excluding carboxylic acids is 3. The summed E-state index contributed by atoms with van der Waals surface area (Å²) in [5.74, 6) is -5.21. The fourth-order valence-electron chi connectivity index (χ4n) is 7.12. The van der Waals surface area contributed by atoms with Crippen LogP contribution in [0.15, 0.2) is 30.4 Å². The Morgan fingerprint density at radius 1 is 1.10 bits per heavy atom. The van der Waals surface area contributed by atoms with Gasteiger partial charge < -0.3 is 29.2 Å². The zero-order valence-electron chi connectivity index (χ0n) is 30.2. The van der Waals surface area contributed by atoms with Crippen molar-refractivity contribution in [2.75, 3.05) is 20.3 Å². The number of alkyl carbamates (subject to hydrolysis) is 1. The molecule has 1 aliphatic carbocycles. The highest BCUT2D eigenvalue weighted by Gasteiger charge is 2.52. The van der Waals surface area contributed by atoms with E-state index in [1.165, 1.54) is 18.1 Å². The Kier molecular flexibility index (Phi) is 10.9. The van der Waals surface area contributed by atoms with Gasteiger partial charge in [-0.05, 0) is 67.1 Å². The molecule has 7 atom stereocenters. The molecule has 2 aliphatic heterocycles. The predicted octanol–water partition coefficient (Wildman–Crippen LogP) is 6.43. The molecule has 0 unspecified atom stereocenters. The highest BCUT2D eigenvalue weighted by Crippen LogP contribution is 2.40. The van der Waals surface area contributed by atoms with Crippen molar-refractivity contribution in [1.29, 1.82) is 0 Å². The number of aromatic nitrogens is 2. The zero-order chi connectivity index (χ0) is 36.5. The van der Waals surface area contributed by atoms with Crippen LogP contribution in [0, 0.1) is 29.1 Å². The van der Waals surface area contributed by atoms with Crippen LogP contribution in [0.5, 0.6) is 11.6 Å². The molecule has 1 aromatic heterocycles. The molecule has 0 spiro atoms. The summed E-state index contributed by atoms with van der Waals surface area (Å²) in [5, 5.41) is 2.81. The maximum atomic E-state index is 16.1. The standard InChI is InChI=1S/C37H50F2N4O7/c1-20(2)19-48-34(45)29-22(4)28-18-43(29)33(44)31(36(5,6)7)42-35(46)50-27-16-21(3)15-23(27)11-9-10-14-37(38,39)30-32(49-28)41-26-17-24(47-8)12-13-25(26)40-30/h10,12-14,17,20-23,27-29,31H,9,11,15-16,18-19H2,1-8H3,(H,42,46)/b14-10+/t21-,22-,23-,27-,28+,29+,31-/m1/s1. The third-order valence-electron chi connectivity index (χ3n) is 9.83. The first-order valence-corrected chi connectivity index (χ1v) is 17.5. The van der Waals surface area contributed by atoms with Gasteiger partial charge in [0.2, 0.25) is 11.8 Å². The number of nitrogens with one attached hydrogen (secondary N) is 1. The Bertz CT molecular complexity index is 1610. The first kappa shape index (κ1) is 37.2. The van der Waals surface area contributed by atoms with Crippen molar-refractivity contribution >= 4 is 29.0 Å². The third kappa shape index (κ3) is 8.12. The Morgan fingerprint density at radius 2 is 1.84 bits per heavy atom. The van der Waals surface area contributed by atoms with Crippen molar-refractivity contribution in [2.24, 2.45) is 29.1 Å². The number of hydrogen-bond donors (Lipinski definition) is 1. The van der Waals surface area contributed by atoms with Crippen molar-refractivity contribution in [3.8, 4) is 11.6 Å². The van der Waals surface area contributed by atoms with Crippen LogP contribution in [0.3, 0.4) is 0 Å². The summed E-state index contributed by atoms with van der Waals surface area (Å²) in [6.45, 7) is 12.9. The minimum atomic E-state index is -3.58. The molecule has 0 radical (unpaired) electrons. The van der Waals surface area contributed by atoms with E-state index in [1.54, 1.807) is 25.1 Å². The van der Waals surface area contributed by atoms with E-state index in [0.29, 0.717) is 25.0 Å². The van der Waals surface area contributed by atoms with Crippen molar-refractivity contribution < 1.29 is 42.1 Å². The Balaban J connectivity index is 1.62. The van der Waals surface area contributed by atoms with Crippen LogP contribution in [0.1, 0.15) is 79.8 Å². The molecule has 274 valence electrons. The fraction of sp³-hybridized carbons (Fsp3) is 0.649. The van der Waals surface area contributed by atoms with Crippen molar-refractivity contribution in [3.05, 3.63) is 36.0 Å². The molecular weight excluding hydrogens is 650 g/mol. The smallest absolute Gasteiger partial charge is 0.408 e. The van der Waals surface area contributed by atoms with Crippen LogP contribution in [-0.2, 0) is 25.0 Å². The number of alkyl halides is 2. The lowest BCUT2D eigenvalue weighted by Gasteiger charge is -2.35. The largest absolute Gasteiger partial charge is 0.497 e. The van der Waals surface area contributed by atoms with Gasteiger partial charge >= 0.3 is 18.0 Å². The summed E-state index contributed by atoms with van der Waals surface area (Å²) in [6.07, 6.45) is 2.33. The van der Waals surface area contributed by atoms with Crippen molar-refractivity contribution in [2.45, 2.75) is 104 Å². The Morgan fingerprint density at radius 3 is 2.52 bits per heavy atom. The molecule has 1 aromatic carbocycles. The lowest BCUT2D eigenvalue weighted by molar-refractivity contribution is -0.156. The van der Waals surface area contributed by atoms with Gasteiger partial charge in [-0.2, -0.15) is 8.78 Å². The number of rotatable bonds is 4. The average Bonchev–Trinajstić information content (AvgIpc) is 3.56. The number of hydrogen-bond acceptors (Lipinski definition) is 9. The van der Waals surface area contributed by atoms with Crippen LogP contribution in [-0.4, -0.2) is 77.4 Å². The van der Waals surface area contributed by atoms with Crippen molar-refractivity contribution in [1.82, 2.24) is 20.2 Å². The molecule has 2 bridgehead atoms. The molecule has 1 saturated heterocycles. The van der Waals surface area contributed by atoms with Crippen LogP contribution in [0.25, 0.3) is 11.0 Å². The summed E-state index contributed by atoms with van der Waals surface area (Å²) in [5.41, 5.74) is -0.984. The molecule has 1 N–H and O–H groups in total. The summed E-state index contributed by atoms with van der Waals surface area (Å²) < 4.78 is 55.4. The number of fused-ring (bicyclic) bond motifs is 5. The van der Waals surface area contributed by atoms with Crippen molar-refractivity contribution in [3.63, 3.8) is 0 Å². The van der Waals surface area contributed by atoms with Gasteiger partial charge in [0.25, 0.3) is 0 Å². The summed E-state index contributed by atoms with van der Waals surface area (Å²) in [6, 6.07) is 2.51. The minimum Gasteiger partial charge on any atom is -0.497 e.